The molecule has 0 rings (SSSR count). The number of unbranched alkanes of at least 4 members (excludes halogenated alkanes) is 1. The number of hydrogen-bond acceptors (Lipinski definition) is 8. The van der Waals surface area contributed by atoms with E-state index in [9.17, 15) is 19.7 Å². The molecule has 1 unspecified atom stereocenters. The van der Waals surface area contributed by atoms with E-state index in [1.54, 1.807) is 0 Å². The van der Waals surface area contributed by atoms with Gasteiger partial charge in [0, 0.05) is 0 Å². The number of nitrogens with two attached hydrogens (primary N) is 1. The van der Waals surface area contributed by atoms with E-state index in [0.29, 0.717) is 12.8 Å². The Hall–Kier alpha value is -1.35. The van der Waals surface area contributed by atoms with Crippen LogP contribution in [0, 0.1) is 10.1 Å². The molecule has 0 amide bonds. The van der Waals surface area contributed by atoms with Gasteiger partial charge in [-0.05, 0) is 19.8 Å². The van der Waals surface area contributed by atoms with Crippen LogP contribution >= 0.6 is 12.6 Å². The van der Waals surface area contributed by atoms with Crippen LogP contribution in [0.15, 0.2) is 0 Å². The van der Waals surface area contributed by atoms with Crippen LogP contribution in [-0.2, 0) is 19.2 Å². The zero-order chi connectivity index (χ0) is 14.1. The Morgan fingerprint density at radius 3 is 2.44 bits per heavy atom. The number of ketones is 1. The van der Waals surface area contributed by atoms with Crippen molar-refractivity contribution >= 4 is 24.4 Å². The van der Waals surface area contributed by atoms with Crippen molar-refractivity contribution in [3.8, 4) is 0 Å². The van der Waals surface area contributed by atoms with Crippen molar-refractivity contribution < 1.29 is 24.3 Å². The molecule has 8 nitrogen and oxygen atoms in total. The molecular weight excluding hydrogens is 264 g/mol. The summed E-state index contributed by atoms with van der Waals surface area (Å²) in [7, 11) is 0. The van der Waals surface area contributed by atoms with Gasteiger partial charge < -0.3 is 15.3 Å². The maximum Gasteiger partial charge on any atom is 0.324 e. The minimum absolute atomic E-state index is 0.0563. The predicted molar refractivity (Wildman–Crippen MR) is 64.6 cm³/mol. The minimum Gasteiger partial charge on any atom is -0.464 e. The zero-order valence-corrected chi connectivity index (χ0v) is 10.8. The van der Waals surface area contributed by atoms with Gasteiger partial charge in [0.15, 0.2) is 0 Å². The fourth-order valence-corrected chi connectivity index (χ4v) is 1.12. The molecule has 18 heavy (non-hydrogen) atoms. The molecule has 0 bridgehead atoms. The molecule has 104 valence electrons. The van der Waals surface area contributed by atoms with Gasteiger partial charge in [0.05, 0.1) is 18.5 Å². The second kappa shape index (κ2) is 8.70. The first-order valence-corrected chi connectivity index (χ1v) is 5.76. The van der Waals surface area contributed by atoms with E-state index in [0.717, 1.165) is 0 Å². The molecule has 2 N–H and O–H groups in total. The van der Waals surface area contributed by atoms with Gasteiger partial charge in [-0.25, -0.2) is 0 Å². The number of rotatable bonds is 9. The second-order valence-corrected chi connectivity index (χ2v) is 4.07. The SMILES string of the molecule is CC(=O)[C@@H](S)C(N)C(=O)OCCCCO[N+](=O)[O-]. The Kier molecular flexibility index (Phi) is 8.05. The number of Topliss-reactive ketones (excluding diaryl/α,β-unsaturated/α-hetero) is 1. The first kappa shape index (κ1) is 16.6. The first-order chi connectivity index (χ1) is 8.36. The van der Waals surface area contributed by atoms with E-state index in [2.05, 4.69) is 17.5 Å². The molecular formula is C9H16N2O6S. The Morgan fingerprint density at radius 1 is 1.39 bits per heavy atom. The van der Waals surface area contributed by atoms with Gasteiger partial charge in [0.2, 0.25) is 0 Å². The number of esters is 1. The summed E-state index contributed by atoms with van der Waals surface area (Å²) in [5.41, 5.74) is 5.46. The smallest absolute Gasteiger partial charge is 0.324 e. The van der Waals surface area contributed by atoms with Crippen molar-refractivity contribution in [1.82, 2.24) is 0 Å². The average molecular weight is 280 g/mol. The fraction of sp³-hybridized carbons (Fsp3) is 0.778. The Bertz CT molecular complexity index is 311. The lowest BCUT2D eigenvalue weighted by atomic mass is 10.1. The standard InChI is InChI=1S/C9H16N2O6S/c1-6(12)8(18)7(10)9(13)16-4-2-3-5-17-11(14)15/h7-8,18H,2-5,10H2,1H3/t7?,8-/m1/s1. The molecule has 0 aliphatic heterocycles. The molecule has 0 radical (unpaired) electrons. The van der Waals surface area contributed by atoms with Crippen LogP contribution < -0.4 is 5.73 Å². The summed E-state index contributed by atoms with van der Waals surface area (Å²) < 4.78 is 4.79. The molecule has 0 saturated carbocycles. The lowest BCUT2D eigenvalue weighted by Crippen LogP contribution is -2.43. The van der Waals surface area contributed by atoms with E-state index in [1.807, 2.05) is 0 Å². The highest BCUT2D eigenvalue weighted by molar-refractivity contribution is 7.82. The summed E-state index contributed by atoms with van der Waals surface area (Å²) in [6, 6.07) is -1.11. The van der Waals surface area contributed by atoms with Crippen LogP contribution in [0.1, 0.15) is 19.8 Å². The zero-order valence-electron chi connectivity index (χ0n) is 9.90. The number of thiol groups is 1. The highest BCUT2D eigenvalue weighted by atomic mass is 32.1. The van der Waals surface area contributed by atoms with Gasteiger partial charge in [-0.2, -0.15) is 12.6 Å². The van der Waals surface area contributed by atoms with Crippen LogP contribution in [0.4, 0.5) is 0 Å². The number of carbonyl (C=O) groups is 2. The topological polar surface area (TPSA) is 122 Å². The maximum absolute atomic E-state index is 11.3. The molecule has 0 aliphatic carbocycles. The van der Waals surface area contributed by atoms with Crippen molar-refractivity contribution in [2.24, 2.45) is 5.73 Å². The largest absolute Gasteiger partial charge is 0.464 e. The van der Waals surface area contributed by atoms with Crippen LogP contribution in [0.3, 0.4) is 0 Å². The van der Waals surface area contributed by atoms with Crippen molar-refractivity contribution in [2.45, 2.75) is 31.1 Å². The molecule has 0 saturated heterocycles. The predicted octanol–water partition coefficient (Wildman–Crippen LogP) is -0.267. The third kappa shape index (κ3) is 7.07. The average Bonchev–Trinajstić information content (AvgIpc) is 2.30. The van der Waals surface area contributed by atoms with E-state index in [4.69, 9.17) is 10.5 Å². The number of ether oxygens (including phenoxy) is 1. The number of hydrogen-bond donors (Lipinski definition) is 2. The quantitative estimate of drug-likeness (QED) is 0.196. The minimum atomic E-state index is -1.11. The fourth-order valence-electron chi connectivity index (χ4n) is 0.994. The van der Waals surface area contributed by atoms with Crippen LogP contribution in [0.25, 0.3) is 0 Å². The van der Waals surface area contributed by atoms with Crippen molar-refractivity contribution in [2.75, 3.05) is 13.2 Å². The van der Waals surface area contributed by atoms with Gasteiger partial charge in [-0.1, -0.05) is 0 Å². The van der Waals surface area contributed by atoms with Gasteiger partial charge in [-0.15, -0.1) is 10.1 Å². The van der Waals surface area contributed by atoms with Gasteiger partial charge >= 0.3 is 5.97 Å². The molecule has 0 spiro atoms. The van der Waals surface area contributed by atoms with Gasteiger partial charge in [-0.3, -0.25) is 9.59 Å². The molecule has 0 fully saturated rings. The van der Waals surface area contributed by atoms with E-state index >= 15 is 0 Å². The Balaban J connectivity index is 3.70. The van der Waals surface area contributed by atoms with Crippen molar-refractivity contribution in [1.29, 1.82) is 0 Å². The first-order valence-electron chi connectivity index (χ1n) is 5.24. The van der Waals surface area contributed by atoms with E-state index in [1.165, 1.54) is 6.92 Å². The molecule has 0 heterocycles. The molecule has 9 heteroatoms. The van der Waals surface area contributed by atoms with Crippen LogP contribution in [0.5, 0.6) is 0 Å². The molecule has 0 aromatic heterocycles. The second-order valence-electron chi connectivity index (χ2n) is 3.51. The number of nitrogens with zero attached hydrogens (tertiary/aromatic N) is 1. The summed E-state index contributed by atoms with van der Waals surface area (Å²) in [6.07, 6.45) is 0.782. The Morgan fingerprint density at radius 2 is 1.94 bits per heavy atom. The molecule has 0 aliphatic rings. The van der Waals surface area contributed by atoms with E-state index in [-0.39, 0.29) is 19.0 Å². The van der Waals surface area contributed by atoms with Crippen molar-refractivity contribution in [3.63, 3.8) is 0 Å². The summed E-state index contributed by atoms with van der Waals surface area (Å²) in [5, 5.41) is 8.03. The highest BCUT2D eigenvalue weighted by Gasteiger charge is 2.26. The maximum atomic E-state index is 11.3. The lowest BCUT2D eigenvalue weighted by molar-refractivity contribution is -0.757. The summed E-state index contributed by atoms with van der Waals surface area (Å²) in [5.74, 6) is -1.04. The normalized spacial score (nSPS) is 13.5. The summed E-state index contributed by atoms with van der Waals surface area (Å²) in [6.45, 7) is 1.28. The third-order valence-corrected chi connectivity index (χ3v) is 2.69. The highest BCUT2D eigenvalue weighted by Crippen LogP contribution is 2.04. The summed E-state index contributed by atoms with van der Waals surface area (Å²) in [4.78, 5) is 36.1. The van der Waals surface area contributed by atoms with Gasteiger partial charge in [0.25, 0.3) is 5.09 Å². The molecule has 0 aromatic carbocycles. The van der Waals surface area contributed by atoms with E-state index < -0.39 is 22.3 Å². The van der Waals surface area contributed by atoms with Gasteiger partial charge in [0.1, 0.15) is 11.8 Å². The summed E-state index contributed by atoms with van der Waals surface area (Å²) >= 11 is 3.89. The van der Waals surface area contributed by atoms with Crippen LogP contribution in [-0.4, -0.2) is 41.3 Å². The third-order valence-electron chi connectivity index (χ3n) is 2.01. The number of carbonyl (C=O) groups excluding carboxylic acids is 2. The molecule has 2 atom stereocenters. The van der Waals surface area contributed by atoms with Crippen molar-refractivity contribution in [3.05, 3.63) is 10.1 Å². The monoisotopic (exact) mass is 280 g/mol. The lowest BCUT2D eigenvalue weighted by Gasteiger charge is -2.15. The molecule has 0 aromatic rings. The Labute approximate surface area is 109 Å². The van der Waals surface area contributed by atoms with Crippen LogP contribution in [0.2, 0.25) is 0 Å².